The average Bonchev–Trinajstić information content (AvgIpc) is 2.55. The molecule has 0 bridgehead atoms. The molecule has 2 unspecified atom stereocenters. The van der Waals surface area contributed by atoms with Gasteiger partial charge in [0.2, 0.25) is 0 Å². The summed E-state index contributed by atoms with van der Waals surface area (Å²) in [6.45, 7) is 4.22. The van der Waals surface area contributed by atoms with Crippen LogP contribution in [0.15, 0.2) is 0 Å². The van der Waals surface area contributed by atoms with E-state index in [-0.39, 0.29) is 17.9 Å². The van der Waals surface area contributed by atoms with Crippen molar-refractivity contribution in [2.24, 2.45) is 11.8 Å². The van der Waals surface area contributed by atoms with E-state index in [1.165, 1.54) is 39.9 Å². The molecule has 0 aromatic carbocycles. The van der Waals surface area contributed by atoms with Gasteiger partial charge in [0.15, 0.2) is 0 Å². The van der Waals surface area contributed by atoms with Crippen molar-refractivity contribution >= 4 is 11.9 Å². The summed E-state index contributed by atoms with van der Waals surface area (Å²) in [4.78, 5) is 22.7. The third-order valence-electron chi connectivity index (χ3n) is 4.47. The molecule has 4 nitrogen and oxygen atoms in total. The van der Waals surface area contributed by atoms with Crippen LogP contribution >= 0.6 is 0 Å². The normalized spacial score (nSPS) is 13.5. The number of hydrogen-bond acceptors (Lipinski definition) is 4. The molecule has 0 spiro atoms. The molecule has 0 aromatic heterocycles. The van der Waals surface area contributed by atoms with Gasteiger partial charge in [-0.25, -0.2) is 0 Å². The molecule has 0 aliphatic heterocycles. The van der Waals surface area contributed by atoms with Gasteiger partial charge >= 0.3 is 11.9 Å². The van der Waals surface area contributed by atoms with E-state index < -0.39 is 0 Å². The fourth-order valence-corrected chi connectivity index (χ4v) is 3.02. The van der Waals surface area contributed by atoms with Crippen LogP contribution in [0.1, 0.15) is 78.1 Å². The minimum atomic E-state index is -0.112. The first-order valence-corrected chi connectivity index (χ1v) is 8.75. The molecule has 4 heteroatoms. The van der Waals surface area contributed by atoms with Gasteiger partial charge in [-0.3, -0.25) is 9.59 Å². The summed E-state index contributed by atoms with van der Waals surface area (Å²) in [7, 11) is 2.91. The monoisotopic (exact) mass is 314 g/mol. The summed E-state index contributed by atoms with van der Waals surface area (Å²) in [5, 5.41) is 0. The lowest BCUT2D eigenvalue weighted by Gasteiger charge is -2.22. The zero-order valence-corrected chi connectivity index (χ0v) is 14.9. The quantitative estimate of drug-likeness (QED) is 0.371. The molecule has 0 aliphatic carbocycles. The molecule has 0 saturated carbocycles. The van der Waals surface area contributed by atoms with E-state index in [9.17, 15) is 9.59 Å². The standard InChI is InChI=1S/C18H34O4/c1-5-15(16(6-2)18(20)22-4)13-11-9-7-8-10-12-14-17(19)21-3/h15-16H,5-14H2,1-4H3. The van der Waals surface area contributed by atoms with Crippen molar-refractivity contribution in [1.29, 1.82) is 0 Å². The summed E-state index contributed by atoms with van der Waals surface area (Å²) >= 11 is 0. The number of ether oxygens (including phenoxy) is 2. The molecular weight excluding hydrogens is 280 g/mol. The summed E-state index contributed by atoms with van der Waals surface area (Å²) < 4.78 is 9.53. The van der Waals surface area contributed by atoms with Crippen molar-refractivity contribution in [2.45, 2.75) is 78.1 Å². The number of carbonyl (C=O) groups excluding carboxylic acids is 2. The lowest BCUT2D eigenvalue weighted by Crippen LogP contribution is -2.24. The first-order valence-electron chi connectivity index (χ1n) is 8.75. The molecule has 0 saturated heterocycles. The topological polar surface area (TPSA) is 52.6 Å². The van der Waals surface area contributed by atoms with Crippen molar-refractivity contribution in [3.05, 3.63) is 0 Å². The lowest BCUT2D eigenvalue weighted by atomic mass is 9.84. The Labute approximate surface area is 135 Å². The maximum atomic E-state index is 11.8. The van der Waals surface area contributed by atoms with Crippen LogP contribution in [-0.4, -0.2) is 26.2 Å². The predicted octanol–water partition coefficient (Wildman–Crippen LogP) is 4.51. The van der Waals surface area contributed by atoms with Crippen LogP contribution in [0.4, 0.5) is 0 Å². The van der Waals surface area contributed by atoms with Gasteiger partial charge in [0, 0.05) is 6.42 Å². The highest BCUT2D eigenvalue weighted by atomic mass is 16.5. The Balaban J connectivity index is 3.74. The smallest absolute Gasteiger partial charge is 0.308 e. The molecule has 0 rings (SSSR count). The van der Waals surface area contributed by atoms with Crippen molar-refractivity contribution in [1.82, 2.24) is 0 Å². The molecule has 0 fully saturated rings. The molecule has 0 radical (unpaired) electrons. The molecule has 0 heterocycles. The van der Waals surface area contributed by atoms with Crippen molar-refractivity contribution < 1.29 is 19.1 Å². The van der Waals surface area contributed by atoms with Crippen LogP contribution in [0.25, 0.3) is 0 Å². The third kappa shape index (κ3) is 9.06. The Morgan fingerprint density at radius 2 is 1.41 bits per heavy atom. The molecular formula is C18H34O4. The summed E-state index contributed by atoms with van der Waals surface area (Å²) in [5.41, 5.74) is 0. The van der Waals surface area contributed by atoms with Crippen LogP contribution in [0.2, 0.25) is 0 Å². The van der Waals surface area contributed by atoms with Crippen LogP contribution in [0.5, 0.6) is 0 Å². The van der Waals surface area contributed by atoms with Crippen molar-refractivity contribution in [2.75, 3.05) is 14.2 Å². The second kappa shape index (κ2) is 13.6. The maximum absolute atomic E-state index is 11.8. The van der Waals surface area contributed by atoms with Gasteiger partial charge in [-0.15, -0.1) is 0 Å². The van der Waals surface area contributed by atoms with Gasteiger partial charge in [-0.2, -0.15) is 0 Å². The molecule has 0 aromatic rings. The van der Waals surface area contributed by atoms with Gasteiger partial charge in [0.25, 0.3) is 0 Å². The highest BCUT2D eigenvalue weighted by Crippen LogP contribution is 2.26. The number of hydrogen-bond donors (Lipinski definition) is 0. The summed E-state index contributed by atoms with van der Waals surface area (Å²) in [5.74, 6) is 0.322. The van der Waals surface area contributed by atoms with E-state index in [4.69, 9.17) is 4.74 Å². The van der Waals surface area contributed by atoms with Crippen molar-refractivity contribution in [3.63, 3.8) is 0 Å². The lowest BCUT2D eigenvalue weighted by molar-refractivity contribution is -0.147. The van der Waals surface area contributed by atoms with E-state index in [1.54, 1.807) is 0 Å². The fourth-order valence-electron chi connectivity index (χ4n) is 3.02. The Morgan fingerprint density at radius 1 is 0.818 bits per heavy atom. The highest BCUT2D eigenvalue weighted by molar-refractivity contribution is 5.72. The predicted molar refractivity (Wildman–Crippen MR) is 88.5 cm³/mol. The fraction of sp³-hybridized carbons (Fsp3) is 0.889. The number of rotatable bonds is 13. The second-order valence-electron chi connectivity index (χ2n) is 5.94. The van der Waals surface area contributed by atoms with Crippen LogP contribution in [0.3, 0.4) is 0 Å². The van der Waals surface area contributed by atoms with Crippen LogP contribution in [-0.2, 0) is 19.1 Å². The van der Waals surface area contributed by atoms with Gasteiger partial charge < -0.3 is 9.47 Å². The molecule has 0 N–H and O–H groups in total. The van der Waals surface area contributed by atoms with E-state index in [0.29, 0.717) is 12.3 Å². The largest absolute Gasteiger partial charge is 0.469 e. The van der Waals surface area contributed by atoms with Gasteiger partial charge in [0.05, 0.1) is 20.1 Å². The SMILES string of the molecule is CCC(CCCCCCCCC(=O)OC)C(CC)C(=O)OC. The Bertz CT molecular complexity index is 301. The maximum Gasteiger partial charge on any atom is 0.308 e. The molecule has 22 heavy (non-hydrogen) atoms. The molecule has 0 amide bonds. The second-order valence-corrected chi connectivity index (χ2v) is 5.94. The molecule has 0 aliphatic rings. The van der Waals surface area contributed by atoms with Crippen LogP contribution in [0, 0.1) is 11.8 Å². The molecule has 2 atom stereocenters. The van der Waals surface area contributed by atoms with Gasteiger partial charge in [-0.05, 0) is 25.2 Å². The number of esters is 2. The summed E-state index contributed by atoms with van der Waals surface area (Å²) in [6.07, 6.45) is 10.3. The molecule has 130 valence electrons. The zero-order valence-electron chi connectivity index (χ0n) is 14.9. The van der Waals surface area contributed by atoms with Crippen molar-refractivity contribution in [3.8, 4) is 0 Å². The number of methoxy groups -OCH3 is 2. The Morgan fingerprint density at radius 3 is 1.91 bits per heavy atom. The Hall–Kier alpha value is -1.06. The van der Waals surface area contributed by atoms with E-state index in [1.807, 2.05) is 0 Å². The minimum Gasteiger partial charge on any atom is -0.469 e. The van der Waals surface area contributed by atoms with E-state index >= 15 is 0 Å². The minimum absolute atomic E-state index is 0.0510. The zero-order chi connectivity index (χ0) is 16.8. The van der Waals surface area contributed by atoms with E-state index in [0.717, 1.165) is 32.1 Å². The highest BCUT2D eigenvalue weighted by Gasteiger charge is 2.25. The first kappa shape index (κ1) is 20.9. The Kier molecular flexibility index (Phi) is 12.9. The third-order valence-corrected chi connectivity index (χ3v) is 4.47. The first-order chi connectivity index (χ1) is 10.6. The number of unbranched alkanes of at least 4 members (excludes halogenated alkanes) is 5. The number of carbonyl (C=O) groups is 2. The van der Waals surface area contributed by atoms with Gasteiger partial charge in [0.1, 0.15) is 0 Å². The van der Waals surface area contributed by atoms with Crippen LogP contribution < -0.4 is 0 Å². The van der Waals surface area contributed by atoms with E-state index in [2.05, 4.69) is 18.6 Å². The van der Waals surface area contributed by atoms with Gasteiger partial charge in [-0.1, -0.05) is 52.4 Å². The summed E-state index contributed by atoms with van der Waals surface area (Å²) in [6, 6.07) is 0. The average molecular weight is 314 g/mol.